The molecule has 4 unspecified atom stereocenters. The predicted molar refractivity (Wildman–Crippen MR) is 101 cm³/mol. The molecular formula is C21H34N2O4. The van der Waals surface area contributed by atoms with Crippen LogP contribution in [0.5, 0.6) is 0 Å². The molecule has 0 aromatic heterocycles. The number of nitrogens with zero attached hydrogens (tertiary/aromatic N) is 2. The van der Waals surface area contributed by atoms with Crippen molar-refractivity contribution in [2.45, 2.75) is 107 Å². The minimum atomic E-state index is -0.158. The molecule has 4 heterocycles. The number of carbonyl (C=O) groups excluding carboxylic acids is 2. The Morgan fingerprint density at radius 1 is 0.704 bits per heavy atom. The van der Waals surface area contributed by atoms with E-state index >= 15 is 0 Å². The molecule has 4 bridgehead atoms. The van der Waals surface area contributed by atoms with Crippen molar-refractivity contribution >= 4 is 11.9 Å². The van der Waals surface area contributed by atoms with Gasteiger partial charge in [-0.05, 0) is 71.9 Å². The van der Waals surface area contributed by atoms with E-state index in [1.165, 1.54) is 25.7 Å². The Labute approximate surface area is 162 Å². The van der Waals surface area contributed by atoms with Gasteiger partial charge in [0.1, 0.15) is 12.2 Å². The molecular weight excluding hydrogens is 344 g/mol. The van der Waals surface area contributed by atoms with Crippen LogP contribution in [0.2, 0.25) is 0 Å². The molecule has 0 amide bonds. The summed E-state index contributed by atoms with van der Waals surface area (Å²) in [5, 5.41) is 0. The van der Waals surface area contributed by atoms with Crippen molar-refractivity contribution < 1.29 is 19.1 Å². The van der Waals surface area contributed by atoms with Crippen molar-refractivity contribution in [1.29, 1.82) is 0 Å². The highest BCUT2D eigenvalue weighted by molar-refractivity contribution is 5.72. The van der Waals surface area contributed by atoms with E-state index in [0.29, 0.717) is 43.4 Å². The maximum Gasteiger partial charge on any atom is 0.306 e. The molecule has 0 aromatic carbocycles. The quantitative estimate of drug-likeness (QED) is 0.662. The van der Waals surface area contributed by atoms with E-state index in [1.54, 1.807) is 0 Å². The summed E-state index contributed by atoms with van der Waals surface area (Å²) < 4.78 is 11.4. The second kappa shape index (κ2) is 8.08. The van der Waals surface area contributed by atoms with Crippen molar-refractivity contribution in [1.82, 2.24) is 9.80 Å². The van der Waals surface area contributed by atoms with E-state index in [1.807, 2.05) is 0 Å². The van der Waals surface area contributed by atoms with Crippen molar-refractivity contribution in [3.8, 4) is 0 Å². The van der Waals surface area contributed by atoms with Gasteiger partial charge in [-0.3, -0.25) is 9.59 Å². The summed E-state index contributed by atoms with van der Waals surface area (Å²) in [6.45, 7) is 0. The Bertz CT molecular complexity index is 492. The number of hydrogen-bond acceptors (Lipinski definition) is 6. The lowest BCUT2D eigenvalue weighted by atomic mass is 10.0. The summed E-state index contributed by atoms with van der Waals surface area (Å²) in [5.41, 5.74) is 0. The fourth-order valence-corrected chi connectivity index (χ4v) is 5.78. The molecule has 0 N–H and O–H groups in total. The van der Waals surface area contributed by atoms with Crippen LogP contribution in [0, 0.1) is 0 Å². The zero-order chi connectivity index (χ0) is 19.0. The van der Waals surface area contributed by atoms with Crippen LogP contribution < -0.4 is 0 Å². The van der Waals surface area contributed by atoms with Crippen LogP contribution in [0.3, 0.4) is 0 Å². The Balaban J connectivity index is 1.12. The standard InChI is InChI=1S/C21H34N2O4/c1-22-14-6-7-15(22)11-18(10-14)26-20(24)4-3-5-21(25)27-19-12-16-8-9-17(13-19)23(16)2/h14-19H,3-13H2,1-2H3. The highest BCUT2D eigenvalue weighted by Gasteiger charge is 2.40. The maximum atomic E-state index is 12.1. The largest absolute Gasteiger partial charge is 0.462 e. The lowest BCUT2D eigenvalue weighted by Crippen LogP contribution is -2.43. The van der Waals surface area contributed by atoms with Gasteiger partial charge < -0.3 is 19.3 Å². The number of fused-ring (bicyclic) bond motifs is 4. The van der Waals surface area contributed by atoms with Crippen LogP contribution in [0.1, 0.15) is 70.6 Å². The van der Waals surface area contributed by atoms with Gasteiger partial charge >= 0.3 is 11.9 Å². The third kappa shape index (κ3) is 4.32. The van der Waals surface area contributed by atoms with Crippen molar-refractivity contribution in [3.05, 3.63) is 0 Å². The van der Waals surface area contributed by atoms with Crippen LogP contribution in [0.4, 0.5) is 0 Å². The first-order valence-electron chi connectivity index (χ1n) is 10.8. The molecule has 6 nitrogen and oxygen atoms in total. The minimum Gasteiger partial charge on any atom is -0.462 e. The van der Waals surface area contributed by atoms with Crippen molar-refractivity contribution in [2.75, 3.05) is 14.1 Å². The molecule has 152 valence electrons. The summed E-state index contributed by atoms with van der Waals surface area (Å²) in [7, 11) is 4.36. The second-order valence-corrected chi connectivity index (χ2v) is 9.12. The molecule has 4 rings (SSSR count). The summed E-state index contributed by atoms with van der Waals surface area (Å²) in [6.07, 6.45) is 10.00. The Hall–Kier alpha value is -1.14. The van der Waals surface area contributed by atoms with Crippen molar-refractivity contribution in [3.63, 3.8) is 0 Å². The van der Waals surface area contributed by atoms with Gasteiger partial charge in [0.25, 0.3) is 0 Å². The Morgan fingerprint density at radius 2 is 1.04 bits per heavy atom. The number of ether oxygens (including phenoxy) is 2. The Morgan fingerprint density at radius 3 is 1.37 bits per heavy atom. The monoisotopic (exact) mass is 378 g/mol. The molecule has 4 fully saturated rings. The SMILES string of the molecule is CN1C2CCC1CC(OC(=O)CCCC(=O)OC1CC3CCC(C1)N3C)C2. The smallest absolute Gasteiger partial charge is 0.306 e. The minimum absolute atomic E-state index is 0.0628. The van der Waals surface area contributed by atoms with Crippen molar-refractivity contribution in [2.24, 2.45) is 0 Å². The molecule has 4 atom stereocenters. The highest BCUT2D eigenvalue weighted by Crippen LogP contribution is 2.36. The molecule has 27 heavy (non-hydrogen) atoms. The number of hydrogen-bond donors (Lipinski definition) is 0. The van der Waals surface area contributed by atoms with E-state index < -0.39 is 0 Å². The first-order valence-corrected chi connectivity index (χ1v) is 10.8. The van der Waals surface area contributed by atoms with Crippen LogP contribution in [0.25, 0.3) is 0 Å². The molecule has 6 heteroatoms. The summed E-state index contributed by atoms with van der Waals surface area (Å²) >= 11 is 0. The fraction of sp³-hybridized carbons (Fsp3) is 0.905. The zero-order valence-corrected chi connectivity index (χ0v) is 16.8. The summed E-state index contributed by atoms with van der Waals surface area (Å²) in [5.74, 6) is -0.317. The molecule has 0 radical (unpaired) electrons. The van der Waals surface area contributed by atoms with Gasteiger partial charge in [0.15, 0.2) is 0 Å². The van der Waals surface area contributed by atoms with Gasteiger partial charge in [-0.25, -0.2) is 0 Å². The van der Waals surface area contributed by atoms with E-state index in [9.17, 15) is 9.59 Å². The first-order chi connectivity index (χ1) is 13.0. The van der Waals surface area contributed by atoms with E-state index in [0.717, 1.165) is 25.7 Å². The van der Waals surface area contributed by atoms with Crippen LogP contribution in [-0.4, -0.2) is 72.2 Å². The topological polar surface area (TPSA) is 59.1 Å². The number of piperidine rings is 2. The third-order valence-electron chi connectivity index (χ3n) is 7.47. The normalized spacial score (nSPS) is 38.7. The van der Waals surface area contributed by atoms with Gasteiger partial charge in [-0.2, -0.15) is 0 Å². The number of esters is 2. The van der Waals surface area contributed by atoms with E-state index in [-0.39, 0.29) is 24.1 Å². The van der Waals surface area contributed by atoms with Gasteiger partial charge in [-0.15, -0.1) is 0 Å². The average molecular weight is 379 g/mol. The summed E-state index contributed by atoms with van der Waals surface area (Å²) in [6, 6.07) is 2.28. The van der Waals surface area contributed by atoms with Gasteiger partial charge in [0, 0.05) is 37.0 Å². The number of rotatable bonds is 6. The average Bonchev–Trinajstić information content (AvgIpc) is 2.96. The highest BCUT2D eigenvalue weighted by atomic mass is 16.5. The molecule has 0 aliphatic carbocycles. The van der Waals surface area contributed by atoms with Gasteiger partial charge in [0.2, 0.25) is 0 Å². The lowest BCUT2D eigenvalue weighted by Gasteiger charge is -2.36. The molecule has 4 saturated heterocycles. The molecule has 4 aliphatic rings. The lowest BCUT2D eigenvalue weighted by molar-refractivity contribution is -0.154. The van der Waals surface area contributed by atoms with Gasteiger partial charge in [-0.1, -0.05) is 0 Å². The fourth-order valence-electron chi connectivity index (χ4n) is 5.78. The first kappa shape index (κ1) is 19.2. The third-order valence-corrected chi connectivity index (χ3v) is 7.47. The van der Waals surface area contributed by atoms with Gasteiger partial charge in [0.05, 0.1) is 0 Å². The molecule has 0 aromatic rings. The molecule has 0 spiro atoms. The Kier molecular flexibility index (Phi) is 5.74. The molecule has 4 aliphatic heterocycles. The van der Waals surface area contributed by atoms with Crippen LogP contribution >= 0.6 is 0 Å². The van der Waals surface area contributed by atoms with E-state index in [2.05, 4.69) is 23.9 Å². The second-order valence-electron chi connectivity index (χ2n) is 9.12. The zero-order valence-electron chi connectivity index (χ0n) is 16.8. The number of carbonyl (C=O) groups is 2. The van der Waals surface area contributed by atoms with Crippen LogP contribution in [0.15, 0.2) is 0 Å². The molecule has 0 saturated carbocycles. The maximum absolute atomic E-state index is 12.1. The predicted octanol–water partition coefficient (Wildman–Crippen LogP) is 2.49. The summed E-state index contributed by atoms with van der Waals surface area (Å²) in [4.78, 5) is 29.1. The van der Waals surface area contributed by atoms with Crippen LogP contribution in [-0.2, 0) is 19.1 Å². The van der Waals surface area contributed by atoms with E-state index in [4.69, 9.17) is 9.47 Å².